The van der Waals surface area contributed by atoms with Crippen LogP contribution in [0.4, 0.5) is 0 Å². The van der Waals surface area contributed by atoms with Gasteiger partial charge in [0.05, 0.1) is 4.90 Å². The quantitative estimate of drug-likeness (QED) is 0.818. The van der Waals surface area contributed by atoms with E-state index >= 15 is 0 Å². The fourth-order valence-electron chi connectivity index (χ4n) is 3.77. The Bertz CT molecular complexity index is 712. The van der Waals surface area contributed by atoms with Gasteiger partial charge >= 0.3 is 0 Å². The number of rotatable bonds is 6. The summed E-state index contributed by atoms with van der Waals surface area (Å²) < 4.78 is 27.2. The maximum absolute atomic E-state index is 12.9. The Morgan fingerprint density at radius 1 is 1.08 bits per heavy atom. The molecule has 144 valence electrons. The van der Waals surface area contributed by atoms with Gasteiger partial charge in [0.1, 0.15) is 6.04 Å². The summed E-state index contributed by atoms with van der Waals surface area (Å²) in [5.41, 5.74) is 1.01. The predicted molar refractivity (Wildman–Crippen MR) is 101 cm³/mol. The first-order valence-electron chi connectivity index (χ1n) is 9.57. The van der Waals surface area contributed by atoms with Crippen molar-refractivity contribution < 1.29 is 13.2 Å². The average molecular weight is 380 g/mol. The van der Waals surface area contributed by atoms with E-state index in [0.717, 1.165) is 31.6 Å². The van der Waals surface area contributed by atoms with Crippen LogP contribution in [0.25, 0.3) is 0 Å². The monoisotopic (exact) mass is 379 g/mol. The molecule has 0 unspecified atom stereocenters. The highest BCUT2D eigenvalue weighted by molar-refractivity contribution is 7.89. The van der Waals surface area contributed by atoms with Gasteiger partial charge in [-0.1, -0.05) is 24.1 Å². The standard InChI is InChI=1S/C19H29N3O3S/c1-16-7-9-17(10-8-16)26(24,25)22-14-5-6-18(22)19(23)20-11-15-21-12-3-2-4-13-21/h7-10,18H,2-6,11-15H2,1H3,(H,20,23)/t18-/m0/s1. The van der Waals surface area contributed by atoms with Gasteiger partial charge in [0.15, 0.2) is 0 Å². The first-order chi connectivity index (χ1) is 12.5. The van der Waals surface area contributed by atoms with Crippen LogP contribution >= 0.6 is 0 Å². The molecule has 2 fully saturated rings. The number of nitrogens with zero attached hydrogens (tertiary/aromatic N) is 2. The summed E-state index contributed by atoms with van der Waals surface area (Å²) in [7, 11) is -3.63. The first kappa shape index (κ1) is 19.3. The van der Waals surface area contributed by atoms with Crippen molar-refractivity contribution in [3.8, 4) is 0 Å². The second-order valence-electron chi connectivity index (χ2n) is 7.28. The van der Waals surface area contributed by atoms with Crippen LogP contribution < -0.4 is 5.32 Å². The molecule has 1 atom stereocenters. The molecular formula is C19H29N3O3S. The lowest BCUT2D eigenvalue weighted by molar-refractivity contribution is -0.124. The summed E-state index contributed by atoms with van der Waals surface area (Å²) in [5, 5.41) is 2.95. The van der Waals surface area contributed by atoms with Crippen molar-refractivity contribution in [3.63, 3.8) is 0 Å². The molecule has 0 aromatic heterocycles. The lowest BCUT2D eigenvalue weighted by atomic mass is 10.1. The smallest absolute Gasteiger partial charge is 0.243 e. The molecule has 1 aromatic carbocycles. The Hall–Kier alpha value is -1.44. The number of piperidine rings is 1. The second-order valence-corrected chi connectivity index (χ2v) is 9.17. The van der Waals surface area contributed by atoms with Crippen molar-refractivity contribution in [2.24, 2.45) is 0 Å². The van der Waals surface area contributed by atoms with Crippen molar-refractivity contribution in [1.82, 2.24) is 14.5 Å². The van der Waals surface area contributed by atoms with Gasteiger partial charge in [0.2, 0.25) is 15.9 Å². The molecule has 0 bridgehead atoms. The van der Waals surface area contributed by atoms with Crippen LogP contribution in [0.3, 0.4) is 0 Å². The minimum absolute atomic E-state index is 0.171. The van der Waals surface area contributed by atoms with E-state index in [1.54, 1.807) is 24.3 Å². The number of hydrogen-bond acceptors (Lipinski definition) is 4. The summed E-state index contributed by atoms with van der Waals surface area (Å²) >= 11 is 0. The highest BCUT2D eigenvalue weighted by Crippen LogP contribution is 2.26. The third-order valence-corrected chi connectivity index (χ3v) is 7.23. The van der Waals surface area contributed by atoms with Crippen molar-refractivity contribution in [1.29, 1.82) is 0 Å². The summed E-state index contributed by atoms with van der Waals surface area (Å²) in [5.74, 6) is -0.171. The van der Waals surface area contributed by atoms with Crippen molar-refractivity contribution >= 4 is 15.9 Å². The van der Waals surface area contributed by atoms with Gasteiger partial charge in [0.25, 0.3) is 0 Å². The lowest BCUT2D eigenvalue weighted by Gasteiger charge is -2.27. The molecule has 1 N–H and O–H groups in total. The number of aryl methyl sites for hydroxylation is 1. The number of amides is 1. The van der Waals surface area contributed by atoms with Gasteiger partial charge in [0, 0.05) is 19.6 Å². The van der Waals surface area contributed by atoms with Gasteiger partial charge in [-0.2, -0.15) is 4.31 Å². The van der Waals surface area contributed by atoms with Gasteiger partial charge in [-0.05, 0) is 57.8 Å². The van der Waals surface area contributed by atoms with E-state index in [4.69, 9.17) is 0 Å². The van der Waals surface area contributed by atoms with E-state index in [-0.39, 0.29) is 10.8 Å². The fraction of sp³-hybridized carbons (Fsp3) is 0.632. The van der Waals surface area contributed by atoms with Crippen LogP contribution in [-0.4, -0.2) is 62.3 Å². The third-order valence-electron chi connectivity index (χ3n) is 5.31. The zero-order valence-electron chi connectivity index (χ0n) is 15.5. The molecule has 6 nitrogen and oxygen atoms in total. The Kier molecular flexibility index (Phi) is 6.32. The molecule has 3 rings (SSSR count). The number of likely N-dealkylation sites (tertiary alicyclic amines) is 1. The minimum Gasteiger partial charge on any atom is -0.353 e. The Morgan fingerprint density at radius 2 is 1.77 bits per heavy atom. The van der Waals surface area contributed by atoms with Gasteiger partial charge < -0.3 is 10.2 Å². The van der Waals surface area contributed by atoms with Crippen LogP contribution in [-0.2, 0) is 14.8 Å². The lowest BCUT2D eigenvalue weighted by Crippen LogP contribution is -2.47. The molecule has 2 heterocycles. The Labute approximate surface area is 156 Å². The van der Waals surface area contributed by atoms with Gasteiger partial charge in [-0.15, -0.1) is 0 Å². The second kappa shape index (κ2) is 8.50. The van der Waals surface area contributed by atoms with Crippen LogP contribution in [0.2, 0.25) is 0 Å². The maximum Gasteiger partial charge on any atom is 0.243 e. The third kappa shape index (κ3) is 4.45. The number of carbonyl (C=O) groups is 1. The summed E-state index contributed by atoms with van der Waals surface area (Å²) in [4.78, 5) is 15.2. The number of carbonyl (C=O) groups excluding carboxylic acids is 1. The molecule has 2 aliphatic rings. The largest absolute Gasteiger partial charge is 0.353 e. The van der Waals surface area contributed by atoms with Crippen LogP contribution in [0, 0.1) is 6.92 Å². The minimum atomic E-state index is -3.63. The Morgan fingerprint density at radius 3 is 2.46 bits per heavy atom. The molecule has 0 spiro atoms. The number of sulfonamides is 1. The summed E-state index contributed by atoms with van der Waals surface area (Å²) in [6, 6.07) is 6.22. The maximum atomic E-state index is 12.9. The van der Waals surface area contributed by atoms with E-state index < -0.39 is 16.1 Å². The van der Waals surface area contributed by atoms with Gasteiger partial charge in [-0.3, -0.25) is 4.79 Å². The van der Waals surface area contributed by atoms with Crippen LogP contribution in [0.5, 0.6) is 0 Å². The molecule has 0 saturated carbocycles. The van der Waals surface area contributed by atoms with E-state index in [9.17, 15) is 13.2 Å². The normalized spacial score (nSPS) is 22.4. The average Bonchev–Trinajstić information content (AvgIpc) is 3.14. The van der Waals surface area contributed by atoms with E-state index in [2.05, 4.69) is 10.2 Å². The van der Waals surface area contributed by atoms with Crippen LogP contribution in [0.1, 0.15) is 37.7 Å². The molecule has 2 aliphatic heterocycles. The van der Waals surface area contributed by atoms with Crippen molar-refractivity contribution in [3.05, 3.63) is 29.8 Å². The topological polar surface area (TPSA) is 69.7 Å². The first-order valence-corrected chi connectivity index (χ1v) is 11.0. The highest BCUT2D eigenvalue weighted by Gasteiger charge is 2.39. The number of hydrogen-bond donors (Lipinski definition) is 1. The van der Waals surface area contributed by atoms with E-state index in [1.165, 1.54) is 23.6 Å². The van der Waals surface area contributed by atoms with Crippen LogP contribution in [0.15, 0.2) is 29.2 Å². The zero-order chi connectivity index (χ0) is 18.6. The molecule has 1 amide bonds. The molecule has 0 radical (unpaired) electrons. The Balaban J connectivity index is 1.59. The van der Waals surface area contributed by atoms with Gasteiger partial charge in [-0.25, -0.2) is 8.42 Å². The van der Waals surface area contributed by atoms with E-state index in [0.29, 0.717) is 19.5 Å². The molecule has 2 saturated heterocycles. The molecule has 0 aliphatic carbocycles. The highest BCUT2D eigenvalue weighted by atomic mass is 32.2. The zero-order valence-corrected chi connectivity index (χ0v) is 16.3. The summed E-state index contributed by atoms with van der Waals surface area (Å²) in [6.45, 7) is 5.92. The predicted octanol–water partition coefficient (Wildman–Crippen LogP) is 1.75. The summed E-state index contributed by atoms with van der Waals surface area (Å²) in [6.07, 6.45) is 5.03. The molecular weight excluding hydrogens is 350 g/mol. The molecule has 7 heteroatoms. The molecule has 26 heavy (non-hydrogen) atoms. The SMILES string of the molecule is Cc1ccc(S(=O)(=O)N2CCC[C@H]2C(=O)NCCN2CCCCC2)cc1. The van der Waals surface area contributed by atoms with Crippen molar-refractivity contribution in [2.45, 2.75) is 50.0 Å². The fourth-order valence-corrected chi connectivity index (χ4v) is 5.43. The van der Waals surface area contributed by atoms with E-state index in [1.807, 2.05) is 6.92 Å². The van der Waals surface area contributed by atoms with Crippen molar-refractivity contribution in [2.75, 3.05) is 32.7 Å². The number of nitrogens with one attached hydrogen (secondary N) is 1. The number of benzene rings is 1. The molecule has 1 aromatic rings.